The van der Waals surface area contributed by atoms with Crippen LogP contribution in [0.1, 0.15) is 24.2 Å². The summed E-state index contributed by atoms with van der Waals surface area (Å²) in [7, 11) is 0. The van der Waals surface area contributed by atoms with E-state index in [1.54, 1.807) is 6.26 Å². The Hall–Kier alpha value is -2.27. The summed E-state index contributed by atoms with van der Waals surface area (Å²) >= 11 is 0. The van der Waals surface area contributed by atoms with Crippen LogP contribution in [0.5, 0.6) is 0 Å². The molecule has 3 rings (SSSR count). The highest BCUT2D eigenvalue weighted by atomic mass is 16.5. The normalized spacial score (nSPS) is 17.8. The number of hydrogen-bond acceptors (Lipinski definition) is 3. The van der Waals surface area contributed by atoms with Gasteiger partial charge in [-0.1, -0.05) is 30.3 Å². The maximum Gasteiger partial charge on any atom is 0.191 e. The molecular weight excluding hydrogens is 302 g/mol. The predicted molar refractivity (Wildman–Crippen MR) is 95.0 cm³/mol. The summed E-state index contributed by atoms with van der Waals surface area (Å²) in [6, 6.07) is 14.2. The lowest BCUT2D eigenvalue weighted by molar-refractivity contribution is 0.114. The van der Waals surface area contributed by atoms with Crippen molar-refractivity contribution in [1.29, 1.82) is 0 Å². The summed E-state index contributed by atoms with van der Waals surface area (Å²) in [6.45, 7) is 3.10. The molecule has 2 aromatic rings. The molecule has 0 amide bonds. The van der Waals surface area contributed by atoms with Crippen LogP contribution >= 0.6 is 0 Å². The standard InChI is InChI=1S/C19H25N3O2/c1-2-6-16(7-3-1)14-21-19(22-15-18-9-5-13-24-18)20-11-10-17-8-4-12-23-17/h1-4,6-8,12,18H,5,9-11,13-15H2,(H2,20,21,22). The van der Waals surface area contributed by atoms with Gasteiger partial charge in [0.05, 0.1) is 18.9 Å². The van der Waals surface area contributed by atoms with E-state index in [0.717, 1.165) is 50.7 Å². The van der Waals surface area contributed by atoms with Crippen LogP contribution in [0.25, 0.3) is 0 Å². The molecule has 1 aromatic carbocycles. The molecule has 1 saturated heterocycles. The van der Waals surface area contributed by atoms with E-state index in [9.17, 15) is 0 Å². The Labute approximate surface area is 143 Å². The van der Waals surface area contributed by atoms with Crippen molar-refractivity contribution < 1.29 is 9.15 Å². The number of benzene rings is 1. The zero-order chi connectivity index (χ0) is 16.5. The highest BCUT2D eigenvalue weighted by Crippen LogP contribution is 2.10. The minimum atomic E-state index is 0.291. The van der Waals surface area contributed by atoms with Crippen LogP contribution in [0, 0.1) is 0 Å². The van der Waals surface area contributed by atoms with Crippen LogP contribution in [0.3, 0.4) is 0 Å². The Balaban J connectivity index is 1.52. The van der Waals surface area contributed by atoms with Gasteiger partial charge in [0.15, 0.2) is 5.96 Å². The molecule has 0 saturated carbocycles. The summed E-state index contributed by atoms with van der Waals surface area (Å²) in [5, 5.41) is 6.77. The molecule has 1 aliphatic heterocycles. The molecule has 5 nitrogen and oxygen atoms in total. The second-order valence-corrected chi connectivity index (χ2v) is 5.92. The lowest BCUT2D eigenvalue weighted by atomic mass is 10.2. The fraction of sp³-hybridized carbons (Fsp3) is 0.421. The first-order valence-corrected chi connectivity index (χ1v) is 8.60. The van der Waals surface area contributed by atoms with Crippen LogP contribution in [-0.4, -0.2) is 31.8 Å². The van der Waals surface area contributed by atoms with Crippen molar-refractivity contribution in [2.24, 2.45) is 4.99 Å². The topological polar surface area (TPSA) is 58.8 Å². The van der Waals surface area contributed by atoms with Gasteiger partial charge in [0.1, 0.15) is 5.76 Å². The summed E-state index contributed by atoms with van der Waals surface area (Å²) in [5.74, 6) is 1.80. The van der Waals surface area contributed by atoms with Crippen LogP contribution in [0.2, 0.25) is 0 Å². The average molecular weight is 327 g/mol. The zero-order valence-electron chi connectivity index (χ0n) is 13.9. The van der Waals surface area contributed by atoms with Crippen molar-refractivity contribution in [3.05, 3.63) is 60.1 Å². The van der Waals surface area contributed by atoms with E-state index >= 15 is 0 Å². The molecule has 24 heavy (non-hydrogen) atoms. The van der Waals surface area contributed by atoms with Gasteiger partial charge in [0.2, 0.25) is 0 Å². The zero-order valence-corrected chi connectivity index (χ0v) is 13.9. The van der Waals surface area contributed by atoms with Crippen molar-refractivity contribution in [3.63, 3.8) is 0 Å². The van der Waals surface area contributed by atoms with E-state index in [-0.39, 0.29) is 0 Å². The number of hydrogen-bond donors (Lipinski definition) is 2. The van der Waals surface area contributed by atoms with Crippen molar-refractivity contribution in [2.75, 3.05) is 19.7 Å². The van der Waals surface area contributed by atoms with Crippen LogP contribution in [0.15, 0.2) is 58.1 Å². The second kappa shape index (κ2) is 9.13. The summed E-state index contributed by atoms with van der Waals surface area (Å²) in [4.78, 5) is 4.68. The maximum absolute atomic E-state index is 5.67. The van der Waals surface area contributed by atoms with E-state index in [0.29, 0.717) is 12.6 Å². The Morgan fingerprint density at radius 3 is 2.79 bits per heavy atom. The van der Waals surface area contributed by atoms with Gasteiger partial charge >= 0.3 is 0 Å². The lowest BCUT2D eigenvalue weighted by Gasteiger charge is -2.15. The first kappa shape index (κ1) is 16.6. The number of guanidine groups is 1. The number of furan rings is 1. The molecule has 0 bridgehead atoms. The smallest absolute Gasteiger partial charge is 0.191 e. The fourth-order valence-corrected chi connectivity index (χ4v) is 2.70. The van der Waals surface area contributed by atoms with Gasteiger partial charge in [-0.2, -0.15) is 0 Å². The number of aliphatic imine (C=N–C) groups is 1. The van der Waals surface area contributed by atoms with Gasteiger partial charge < -0.3 is 19.8 Å². The number of rotatable bonds is 7. The van der Waals surface area contributed by atoms with Gasteiger partial charge in [0, 0.05) is 26.1 Å². The van der Waals surface area contributed by atoms with Crippen molar-refractivity contribution in [3.8, 4) is 0 Å². The van der Waals surface area contributed by atoms with E-state index in [4.69, 9.17) is 9.15 Å². The average Bonchev–Trinajstić information content (AvgIpc) is 3.31. The maximum atomic E-state index is 5.67. The number of nitrogens with zero attached hydrogens (tertiary/aromatic N) is 1. The van der Waals surface area contributed by atoms with E-state index in [2.05, 4.69) is 27.8 Å². The quantitative estimate of drug-likeness (QED) is 0.606. The Kier molecular flexibility index (Phi) is 6.31. The minimum absolute atomic E-state index is 0.291. The summed E-state index contributed by atoms with van der Waals surface area (Å²) < 4.78 is 11.0. The molecule has 0 spiro atoms. The van der Waals surface area contributed by atoms with Crippen molar-refractivity contribution in [2.45, 2.75) is 31.9 Å². The Morgan fingerprint density at radius 2 is 2.04 bits per heavy atom. The van der Waals surface area contributed by atoms with Gasteiger partial charge in [-0.25, -0.2) is 4.99 Å². The molecule has 128 valence electrons. The van der Waals surface area contributed by atoms with E-state index in [1.807, 2.05) is 30.3 Å². The molecule has 0 radical (unpaired) electrons. The molecule has 2 heterocycles. The molecule has 1 aliphatic rings. The molecule has 1 atom stereocenters. The van der Waals surface area contributed by atoms with Gasteiger partial charge in [-0.3, -0.25) is 0 Å². The third kappa shape index (κ3) is 5.42. The number of ether oxygens (including phenoxy) is 1. The largest absolute Gasteiger partial charge is 0.469 e. The first-order valence-electron chi connectivity index (χ1n) is 8.60. The highest BCUT2D eigenvalue weighted by Gasteiger charge is 2.15. The minimum Gasteiger partial charge on any atom is -0.469 e. The summed E-state index contributed by atoms with van der Waals surface area (Å²) in [5.41, 5.74) is 1.20. The van der Waals surface area contributed by atoms with Gasteiger partial charge in [-0.15, -0.1) is 0 Å². The molecule has 5 heteroatoms. The van der Waals surface area contributed by atoms with Gasteiger partial charge in [0.25, 0.3) is 0 Å². The first-order chi connectivity index (χ1) is 11.9. The lowest BCUT2D eigenvalue weighted by Crippen LogP contribution is -2.41. The van der Waals surface area contributed by atoms with E-state index < -0.39 is 0 Å². The van der Waals surface area contributed by atoms with Crippen molar-refractivity contribution >= 4 is 5.96 Å². The Bertz CT molecular complexity index is 605. The second-order valence-electron chi connectivity index (χ2n) is 5.92. The van der Waals surface area contributed by atoms with Crippen LogP contribution in [-0.2, 0) is 17.7 Å². The fourth-order valence-electron chi connectivity index (χ4n) is 2.70. The molecule has 2 N–H and O–H groups in total. The highest BCUT2D eigenvalue weighted by molar-refractivity contribution is 5.79. The molecule has 1 aromatic heterocycles. The third-order valence-corrected chi connectivity index (χ3v) is 4.03. The SMILES string of the molecule is c1ccc(CN=C(NCCc2ccco2)NCC2CCCO2)cc1. The van der Waals surface area contributed by atoms with Gasteiger partial charge in [-0.05, 0) is 30.5 Å². The van der Waals surface area contributed by atoms with Crippen LogP contribution < -0.4 is 10.6 Å². The third-order valence-electron chi connectivity index (χ3n) is 4.03. The molecule has 1 fully saturated rings. The van der Waals surface area contributed by atoms with Crippen molar-refractivity contribution in [1.82, 2.24) is 10.6 Å². The molecule has 0 aliphatic carbocycles. The predicted octanol–water partition coefficient (Wildman–Crippen LogP) is 2.74. The molecule has 1 unspecified atom stereocenters. The number of nitrogens with one attached hydrogen (secondary N) is 2. The van der Waals surface area contributed by atoms with E-state index in [1.165, 1.54) is 5.56 Å². The Morgan fingerprint density at radius 1 is 1.12 bits per heavy atom. The summed E-state index contributed by atoms with van der Waals surface area (Å²) in [6.07, 6.45) is 5.09. The monoisotopic (exact) mass is 327 g/mol. The molecular formula is C19H25N3O2. The van der Waals surface area contributed by atoms with Crippen LogP contribution in [0.4, 0.5) is 0 Å².